The number of halogens is 1. The third-order valence-corrected chi connectivity index (χ3v) is 4.79. The molecule has 2 heterocycles. The average Bonchev–Trinajstić information content (AvgIpc) is 3.15. The Morgan fingerprint density at radius 2 is 2.00 bits per heavy atom. The maximum Gasteiger partial charge on any atom is 0.226 e. The Hall–Kier alpha value is -2.80. The first-order valence-electron chi connectivity index (χ1n) is 8.06. The first kappa shape index (κ1) is 16.7. The molecule has 6 nitrogen and oxygen atoms in total. The molecule has 1 N–H and O–H groups in total. The summed E-state index contributed by atoms with van der Waals surface area (Å²) >= 11 is 3.53. The van der Waals surface area contributed by atoms with Crippen molar-refractivity contribution in [2.24, 2.45) is 0 Å². The van der Waals surface area contributed by atoms with Crippen LogP contribution in [0, 0.1) is 0 Å². The van der Waals surface area contributed by atoms with Gasteiger partial charge in [0.1, 0.15) is 23.9 Å². The number of ether oxygens (including phenoxy) is 2. The number of aromatic nitrogens is 3. The molecule has 0 unspecified atom stereocenters. The van der Waals surface area contributed by atoms with Gasteiger partial charge in [0.2, 0.25) is 5.95 Å². The van der Waals surface area contributed by atoms with Gasteiger partial charge in [0, 0.05) is 15.7 Å². The number of rotatable bonds is 4. The Kier molecular flexibility index (Phi) is 4.38. The van der Waals surface area contributed by atoms with Crippen LogP contribution in [0.5, 0.6) is 11.5 Å². The quantitative estimate of drug-likeness (QED) is 0.698. The second kappa shape index (κ2) is 6.84. The molecule has 132 valence electrons. The summed E-state index contributed by atoms with van der Waals surface area (Å²) in [7, 11) is 3.31. The van der Waals surface area contributed by atoms with Gasteiger partial charge < -0.3 is 14.8 Å². The smallest absolute Gasteiger partial charge is 0.226 e. The molecule has 3 aromatic rings. The van der Waals surface area contributed by atoms with Crippen molar-refractivity contribution in [1.82, 2.24) is 14.8 Å². The molecule has 0 saturated heterocycles. The second-order valence-electron chi connectivity index (χ2n) is 5.80. The summed E-state index contributed by atoms with van der Waals surface area (Å²) in [6.07, 6.45) is 3.65. The third kappa shape index (κ3) is 2.94. The maximum atomic E-state index is 5.58. The minimum atomic E-state index is -0.173. The zero-order valence-corrected chi connectivity index (χ0v) is 15.9. The molecule has 1 aliphatic heterocycles. The summed E-state index contributed by atoms with van der Waals surface area (Å²) in [6.45, 7) is 0. The van der Waals surface area contributed by atoms with E-state index in [4.69, 9.17) is 9.47 Å². The van der Waals surface area contributed by atoms with E-state index in [2.05, 4.69) is 49.5 Å². The summed E-state index contributed by atoms with van der Waals surface area (Å²) < 4.78 is 13.8. The fraction of sp³-hybridized carbons (Fsp3) is 0.158. The number of anilines is 1. The van der Waals surface area contributed by atoms with Crippen LogP contribution < -0.4 is 14.8 Å². The first-order chi connectivity index (χ1) is 12.7. The van der Waals surface area contributed by atoms with Gasteiger partial charge in [0.15, 0.2) is 0 Å². The minimum Gasteiger partial charge on any atom is -0.497 e. The number of methoxy groups -OCH3 is 2. The van der Waals surface area contributed by atoms with Crippen molar-refractivity contribution in [3.05, 3.63) is 70.5 Å². The third-order valence-electron chi connectivity index (χ3n) is 4.30. The molecule has 1 atom stereocenters. The van der Waals surface area contributed by atoms with E-state index in [1.54, 1.807) is 20.5 Å². The molecule has 0 bridgehead atoms. The molecule has 1 aliphatic rings. The van der Waals surface area contributed by atoms with Crippen LogP contribution in [0.3, 0.4) is 0 Å². The van der Waals surface area contributed by atoms with Crippen molar-refractivity contribution in [2.75, 3.05) is 19.5 Å². The van der Waals surface area contributed by atoms with Crippen LogP contribution in [0.1, 0.15) is 17.2 Å². The Morgan fingerprint density at radius 3 is 2.77 bits per heavy atom. The molecule has 26 heavy (non-hydrogen) atoms. The van der Waals surface area contributed by atoms with E-state index in [0.717, 1.165) is 32.8 Å². The maximum absolute atomic E-state index is 5.58. The van der Waals surface area contributed by atoms with Gasteiger partial charge in [-0.3, -0.25) is 0 Å². The van der Waals surface area contributed by atoms with Crippen LogP contribution in [-0.4, -0.2) is 29.0 Å². The average molecular weight is 413 g/mol. The number of nitrogens with zero attached hydrogens (tertiary/aromatic N) is 3. The first-order valence-corrected chi connectivity index (χ1v) is 8.85. The van der Waals surface area contributed by atoms with E-state index in [9.17, 15) is 0 Å². The number of fused-ring (bicyclic) bond motifs is 1. The lowest BCUT2D eigenvalue weighted by atomic mass is 10.0. The van der Waals surface area contributed by atoms with Gasteiger partial charge >= 0.3 is 0 Å². The highest BCUT2D eigenvalue weighted by Gasteiger charge is 2.26. The van der Waals surface area contributed by atoms with E-state index in [1.807, 2.05) is 35.0 Å². The van der Waals surface area contributed by atoms with Crippen LogP contribution in [0.15, 0.2) is 59.3 Å². The number of hydrogen-bond acceptors (Lipinski definition) is 5. The molecule has 0 saturated carbocycles. The van der Waals surface area contributed by atoms with Crippen LogP contribution in [0.25, 0.3) is 5.70 Å². The van der Waals surface area contributed by atoms with E-state index < -0.39 is 0 Å². The van der Waals surface area contributed by atoms with Crippen molar-refractivity contribution >= 4 is 27.6 Å². The number of allylic oxidation sites excluding steroid dienone is 1. The van der Waals surface area contributed by atoms with E-state index >= 15 is 0 Å². The van der Waals surface area contributed by atoms with E-state index in [-0.39, 0.29) is 6.04 Å². The monoisotopic (exact) mass is 412 g/mol. The molecule has 1 aromatic heterocycles. The number of hydrogen-bond donors (Lipinski definition) is 1. The molecule has 0 spiro atoms. The molecule has 7 heteroatoms. The highest BCUT2D eigenvalue weighted by atomic mass is 79.9. The van der Waals surface area contributed by atoms with Gasteiger partial charge in [-0.25, -0.2) is 4.68 Å². The zero-order valence-electron chi connectivity index (χ0n) is 14.3. The summed E-state index contributed by atoms with van der Waals surface area (Å²) in [6, 6.07) is 13.7. The molecule has 0 amide bonds. The van der Waals surface area contributed by atoms with Crippen LogP contribution >= 0.6 is 15.9 Å². The minimum absolute atomic E-state index is 0.173. The molecule has 0 radical (unpaired) electrons. The topological polar surface area (TPSA) is 61.2 Å². The van der Waals surface area contributed by atoms with Crippen LogP contribution in [0.2, 0.25) is 0 Å². The second-order valence-corrected chi connectivity index (χ2v) is 6.71. The summed E-state index contributed by atoms with van der Waals surface area (Å²) in [5.74, 6) is 2.21. The van der Waals surface area contributed by atoms with Crippen molar-refractivity contribution < 1.29 is 9.47 Å². The van der Waals surface area contributed by atoms with Crippen molar-refractivity contribution in [2.45, 2.75) is 6.04 Å². The summed E-state index contributed by atoms with van der Waals surface area (Å²) in [5.41, 5.74) is 2.97. The number of nitrogens with one attached hydrogen (secondary N) is 1. The van der Waals surface area contributed by atoms with Gasteiger partial charge in [-0.1, -0.05) is 28.1 Å². The molecule has 0 aliphatic carbocycles. The largest absolute Gasteiger partial charge is 0.497 e. The Morgan fingerprint density at radius 1 is 1.12 bits per heavy atom. The molecule has 4 rings (SSSR count). The van der Waals surface area contributed by atoms with Crippen LogP contribution in [-0.2, 0) is 0 Å². The number of benzene rings is 2. The Labute approximate surface area is 159 Å². The van der Waals surface area contributed by atoms with Gasteiger partial charge in [-0.05, 0) is 42.0 Å². The van der Waals surface area contributed by atoms with Gasteiger partial charge in [-0.2, -0.15) is 10.1 Å². The fourth-order valence-electron chi connectivity index (χ4n) is 3.05. The lowest BCUT2D eigenvalue weighted by molar-refractivity contribution is 0.394. The van der Waals surface area contributed by atoms with Crippen molar-refractivity contribution in [3.63, 3.8) is 0 Å². The van der Waals surface area contributed by atoms with Gasteiger partial charge in [-0.15, -0.1) is 0 Å². The predicted octanol–water partition coefficient (Wildman–Crippen LogP) is 4.11. The summed E-state index contributed by atoms with van der Waals surface area (Å²) in [4.78, 5) is 4.34. The SMILES string of the molecule is COc1ccc(OC)c([C@@H]2C=C(c3cccc(Br)c3)Nc3ncnn32)c1. The standard InChI is InChI=1S/C19H17BrN4O2/c1-25-14-6-7-18(26-2)15(9-14)17-10-16(12-4-3-5-13(20)8-12)23-19-21-11-22-24(17)19/h3-11,17H,1-2H3,(H,21,22,23)/t17-/m0/s1. The van der Waals surface area contributed by atoms with E-state index in [1.165, 1.54) is 0 Å². The zero-order chi connectivity index (χ0) is 18.1. The predicted molar refractivity (Wildman–Crippen MR) is 103 cm³/mol. The van der Waals surface area contributed by atoms with Crippen LogP contribution in [0.4, 0.5) is 5.95 Å². The van der Waals surface area contributed by atoms with Gasteiger partial charge in [0.25, 0.3) is 0 Å². The lowest BCUT2D eigenvalue weighted by Gasteiger charge is -2.26. The molecular formula is C19H17BrN4O2. The van der Waals surface area contributed by atoms with Crippen molar-refractivity contribution in [1.29, 1.82) is 0 Å². The van der Waals surface area contributed by atoms with Crippen molar-refractivity contribution in [3.8, 4) is 11.5 Å². The molecule has 0 fully saturated rings. The molecular weight excluding hydrogens is 396 g/mol. The molecule has 2 aromatic carbocycles. The normalized spacial score (nSPS) is 15.7. The van der Waals surface area contributed by atoms with Gasteiger partial charge in [0.05, 0.1) is 14.2 Å². The van der Waals surface area contributed by atoms with E-state index in [0.29, 0.717) is 5.95 Å². The highest BCUT2D eigenvalue weighted by Crippen LogP contribution is 2.38. The Balaban J connectivity index is 1.87. The lowest BCUT2D eigenvalue weighted by Crippen LogP contribution is -2.20. The summed E-state index contributed by atoms with van der Waals surface area (Å²) in [5, 5.41) is 7.73. The highest BCUT2D eigenvalue weighted by molar-refractivity contribution is 9.10. The Bertz CT molecular complexity index is 983. The fourth-order valence-corrected chi connectivity index (χ4v) is 3.45.